The fraction of sp³-hybridized carbons (Fsp3) is 0.794. The molecular weight excluding hydrogens is 533 g/mol. The molecule has 3 N–H and O–H groups in total. The lowest BCUT2D eigenvalue weighted by molar-refractivity contribution is -0.174. The molecule has 7 heteroatoms. The van der Waals surface area contributed by atoms with Gasteiger partial charge in [-0.25, -0.2) is 0 Å². The van der Waals surface area contributed by atoms with Gasteiger partial charge in [0.25, 0.3) is 0 Å². The zero-order valence-electron chi connectivity index (χ0n) is 25.8. The van der Waals surface area contributed by atoms with Crippen LogP contribution in [0.4, 0.5) is 0 Å². The molecule has 0 radical (unpaired) electrons. The van der Waals surface area contributed by atoms with Gasteiger partial charge in [-0.2, -0.15) is 0 Å². The van der Waals surface area contributed by atoms with E-state index in [4.69, 9.17) is 4.52 Å². The molecule has 5 unspecified atom stereocenters. The number of amides is 1. The minimum absolute atomic E-state index is 0.0626. The van der Waals surface area contributed by atoms with Gasteiger partial charge in [0, 0.05) is 25.8 Å². The summed E-state index contributed by atoms with van der Waals surface area (Å²) in [6.45, 7) is 9.68. The molecule has 11 atom stereocenters. The van der Waals surface area contributed by atoms with Gasteiger partial charge in [0.2, 0.25) is 13.3 Å². The standard InChI is InChI=1S/C34H54NO5P/c1-23(15-18-35-32(38)16-19-41(4,39)40-22-24-8-6-5-7-9-24)28-12-13-29-27-11-10-25-20-26(36)14-17-33(25,2)30(27)21-31(37)34(28,29)3/h5-9,23,25-31,36-37H,10-22H2,1-4H3,(H,35,38)/t23-,25-,26-,27?,28?,29?,30?,31+,33+,34-,41?/m1/s1. The SMILES string of the molecule is C[C@H](CCNC(=O)CCP(C)(=O)OCc1ccccc1)C1CCC2C3CC[C@@H]4C[C@H](O)CC[C@]4(C)C3C[C@H](O)[C@@]21C. The summed E-state index contributed by atoms with van der Waals surface area (Å²) >= 11 is 0. The van der Waals surface area contributed by atoms with Gasteiger partial charge in [0.1, 0.15) is 0 Å². The molecule has 41 heavy (non-hydrogen) atoms. The van der Waals surface area contributed by atoms with Gasteiger partial charge >= 0.3 is 0 Å². The summed E-state index contributed by atoms with van der Waals surface area (Å²) in [4.78, 5) is 12.6. The Bertz CT molecular complexity index is 1100. The first kappa shape index (κ1) is 31.2. The van der Waals surface area contributed by atoms with Crippen molar-refractivity contribution in [3.8, 4) is 0 Å². The first-order valence-corrected chi connectivity index (χ1v) is 18.6. The summed E-state index contributed by atoms with van der Waals surface area (Å²) in [5.74, 6) is 3.23. The number of hydrogen-bond donors (Lipinski definition) is 3. The average molecular weight is 588 g/mol. The second kappa shape index (κ2) is 12.4. The van der Waals surface area contributed by atoms with E-state index in [-0.39, 0.29) is 41.5 Å². The summed E-state index contributed by atoms with van der Waals surface area (Å²) in [6, 6.07) is 9.69. The molecule has 4 fully saturated rings. The highest BCUT2D eigenvalue weighted by molar-refractivity contribution is 7.58. The molecule has 0 heterocycles. The minimum atomic E-state index is -2.84. The van der Waals surface area contributed by atoms with Crippen molar-refractivity contribution < 1.29 is 24.1 Å². The number of aliphatic hydroxyl groups is 2. The molecule has 230 valence electrons. The number of hydrogen-bond acceptors (Lipinski definition) is 5. The van der Waals surface area contributed by atoms with Crippen LogP contribution in [0.2, 0.25) is 0 Å². The predicted octanol–water partition coefficient (Wildman–Crippen LogP) is 6.63. The van der Waals surface area contributed by atoms with Crippen molar-refractivity contribution in [2.24, 2.45) is 46.3 Å². The van der Waals surface area contributed by atoms with E-state index in [1.807, 2.05) is 30.3 Å². The molecular formula is C34H54NO5P. The first-order valence-electron chi connectivity index (χ1n) is 16.3. The molecule has 1 aromatic rings. The fourth-order valence-electron chi connectivity index (χ4n) is 10.0. The van der Waals surface area contributed by atoms with Crippen LogP contribution in [0.5, 0.6) is 0 Å². The van der Waals surface area contributed by atoms with Crippen LogP contribution in [-0.4, -0.2) is 47.7 Å². The van der Waals surface area contributed by atoms with Crippen molar-refractivity contribution in [2.75, 3.05) is 19.4 Å². The van der Waals surface area contributed by atoms with Crippen LogP contribution in [-0.2, 0) is 20.5 Å². The number of carbonyl (C=O) groups excluding carboxylic acids is 1. The smallest absolute Gasteiger partial charge is 0.220 e. The van der Waals surface area contributed by atoms with Crippen molar-refractivity contribution in [1.82, 2.24) is 5.32 Å². The lowest BCUT2D eigenvalue weighted by atomic mass is 9.43. The highest BCUT2D eigenvalue weighted by atomic mass is 31.2. The van der Waals surface area contributed by atoms with E-state index in [1.165, 1.54) is 19.3 Å². The number of fused-ring (bicyclic) bond motifs is 5. The Labute approximate surface area is 247 Å². The zero-order chi connectivity index (χ0) is 29.4. The third kappa shape index (κ3) is 6.37. The second-order valence-corrected chi connectivity index (χ2v) is 17.5. The van der Waals surface area contributed by atoms with E-state index < -0.39 is 7.37 Å². The van der Waals surface area contributed by atoms with Crippen LogP contribution in [0.1, 0.15) is 90.5 Å². The maximum absolute atomic E-state index is 12.8. The lowest BCUT2D eigenvalue weighted by Gasteiger charge is -2.62. The summed E-state index contributed by atoms with van der Waals surface area (Å²) < 4.78 is 18.5. The number of rotatable bonds is 10. The summed E-state index contributed by atoms with van der Waals surface area (Å²) in [5.41, 5.74) is 1.17. The van der Waals surface area contributed by atoms with Crippen molar-refractivity contribution >= 4 is 13.3 Å². The van der Waals surface area contributed by atoms with E-state index in [2.05, 4.69) is 26.1 Å². The van der Waals surface area contributed by atoms with Gasteiger partial charge in [-0.1, -0.05) is 51.1 Å². The fourth-order valence-corrected chi connectivity index (χ4v) is 11.2. The number of nitrogens with one attached hydrogen (secondary N) is 1. The molecule has 1 aromatic carbocycles. The van der Waals surface area contributed by atoms with E-state index in [1.54, 1.807) is 6.66 Å². The van der Waals surface area contributed by atoms with Gasteiger partial charge in [0.15, 0.2) is 0 Å². The Morgan fingerprint density at radius 1 is 1.07 bits per heavy atom. The van der Waals surface area contributed by atoms with Crippen molar-refractivity contribution in [2.45, 2.75) is 104 Å². The van der Waals surface area contributed by atoms with Gasteiger partial charge < -0.3 is 20.1 Å². The molecule has 5 rings (SSSR count). The lowest BCUT2D eigenvalue weighted by Crippen LogP contribution is -2.58. The largest absolute Gasteiger partial charge is 0.393 e. The normalized spacial score (nSPS) is 40.5. The van der Waals surface area contributed by atoms with E-state index in [9.17, 15) is 19.6 Å². The molecule has 4 saturated carbocycles. The van der Waals surface area contributed by atoms with Gasteiger partial charge in [-0.15, -0.1) is 0 Å². The first-order chi connectivity index (χ1) is 19.4. The van der Waals surface area contributed by atoms with Crippen molar-refractivity contribution in [1.29, 1.82) is 0 Å². The highest BCUT2D eigenvalue weighted by Gasteiger charge is 2.63. The molecule has 4 aliphatic rings. The maximum Gasteiger partial charge on any atom is 0.220 e. The monoisotopic (exact) mass is 587 g/mol. The van der Waals surface area contributed by atoms with Crippen LogP contribution >= 0.6 is 7.37 Å². The third-order valence-corrected chi connectivity index (χ3v) is 14.2. The summed E-state index contributed by atoms with van der Waals surface area (Å²) in [5, 5.41) is 25.2. The summed E-state index contributed by atoms with van der Waals surface area (Å²) in [7, 11) is -2.84. The molecule has 0 saturated heterocycles. The molecule has 4 aliphatic carbocycles. The number of aliphatic hydroxyl groups excluding tert-OH is 2. The molecule has 1 amide bonds. The number of carbonyl (C=O) groups is 1. The maximum atomic E-state index is 12.8. The molecule has 6 nitrogen and oxygen atoms in total. The Kier molecular flexibility index (Phi) is 9.46. The third-order valence-electron chi connectivity index (χ3n) is 12.5. The topological polar surface area (TPSA) is 95.9 Å². The van der Waals surface area contributed by atoms with Crippen molar-refractivity contribution in [3.63, 3.8) is 0 Å². The minimum Gasteiger partial charge on any atom is -0.393 e. The van der Waals surface area contributed by atoms with Crippen LogP contribution in [0, 0.1) is 46.3 Å². The predicted molar refractivity (Wildman–Crippen MR) is 164 cm³/mol. The average Bonchev–Trinajstić information content (AvgIpc) is 3.31. The Morgan fingerprint density at radius 3 is 2.59 bits per heavy atom. The van der Waals surface area contributed by atoms with Crippen LogP contribution in [0.25, 0.3) is 0 Å². The second-order valence-electron chi connectivity index (χ2n) is 14.7. The molecule has 0 spiro atoms. The Balaban J connectivity index is 1.10. The van der Waals surface area contributed by atoms with Crippen molar-refractivity contribution in [3.05, 3.63) is 35.9 Å². The van der Waals surface area contributed by atoms with Gasteiger partial charge in [-0.05, 0) is 110 Å². The quantitative estimate of drug-likeness (QED) is 0.267. The van der Waals surface area contributed by atoms with E-state index in [0.29, 0.717) is 48.7 Å². The number of benzene rings is 1. The molecule has 0 aromatic heterocycles. The summed E-state index contributed by atoms with van der Waals surface area (Å²) in [6.07, 6.45) is 9.63. The Morgan fingerprint density at radius 2 is 1.83 bits per heavy atom. The van der Waals surface area contributed by atoms with E-state index in [0.717, 1.165) is 44.1 Å². The Hall–Kier alpha value is -1.20. The van der Waals surface area contributed by atoms with Crippen LogP contribution in [0.3, 0.4) is 0 Å². The van der Waals surface area contributed by atoms with Crippen LogP contribution in [0.15, 0.2) is 30.3 Å². The van der Waals surface area contributed by atoms with Gasteiger partial charge in [-0.3, -0.25) is 9.36 Å². The molecule has 0 aliphatic heterocycles. The van der Waals surface area contributed by atoms with Gasteiger partial charge in [0.05, 0.1) is 18.8 Å². The highest BCUT2D eigenvalue weighted by Crippen LogP contribution is 2.68. The van der Waals surface area contributed by atoms with E-state index >= 15 is 0 Å². The van der Waals surface area contributed by atoms with Crippen LogP contribution < -0.4 is 5.32 Å². The zero-order valence-corrected chi connectivity index (χ0v) is 26.7. The molecule has 0 bridgehead atoms.